The number of rotatable bonds is 7. The maximum Gasteiger partial charge on any atom is 0.338 e. The Balaban J connectivity index is 1.29. The van der Waals surface area contributed by atoms with Gasteiger partial charge in [0.05, 0.1) is 16.6 Å². The molecule has 0 radical (unpaired) electrons. The number of para-hydroxylation sites is 2. The van der Waals surface area contributed by atoms with E-state index in [1.54, 1.807) is 18.5 Å². The third kappa shape index (κ3) is 4.80. The number of aromatic nitrogens is 2. The second kappa shape index (κ2) is 9.26. The lowest BCUT2D eigenvalue weighted by molar-refractivity contribution is -0.124. The number of esters is 1. The number of carbonyl (C=O) groups is 2. The van der Waals surface area contributed by atoms with Crippen LogP contribution in [0, 0.1) is 6.92 Å². The molecule has 1 amide bonds. The van der Waals surface area contributed by atoms with E-state index in [9.17, 15) is 9.59 Å². The lowest BCUT2D eigenvalue weighted by Crippen LogP contribution is -2.30. The second-order valence-corrected chi connectivity index (χ2v) is 7.25. The van der Waals surface area contributed by atoms with Crippen molar-refractivity contribution < 1.29 is 14.3 Å². The average Bonchev–Trinajstić information content (AvgIpc) is 3.23. The Kier molecular flexibility index (Phi) is 6.08. The van der Waals surface area contributed by atoms with Crippen LogP contribution in [0.15, 0.2) is 79.1 Å². The Morgan fingerprint density at radius 2 is 1.71 bits per heavy atom. The van der Waals surface area contributed by atoms with Gasteiger partial charge in [0, 0.05) is 12.2 Å². The Morgan fingerprint density at radius 1 is 0.968 bits per heavy atom. The fourth-order valence-corrected chi connectivity index (χ4v) is 3.42. The molecule has 0 atom stereocenters. The second-order valence-electron chi connectivity index (χ2n) is 7.25. The molecule has 1 N–H and O–H groups in total. The number of hydrogen-bond donors (Lipinski definition) is 1. The van der Waals surface area contributed by atoms with Gasteiger partial charge >= 0.3 is 5.97 Å². The minimum atomic E-state index is -0.531. The van der Waals surface area contributed by atoms with Gasteiger partial charge in [-0.1, -0.05) is 36.4 Å². The van der Waals surface area contributed by atoms with Crippen LogP contribution in [0.25, 0.3) is 16.7 Å². The Hall–Kier alpha value is -3.93. The maximum atomic E-state index is 12.3. The molecule has 0 saturated heterocycles. The molecular weight excluding hydrogens is 390 g/mol. The van der Waals surface area contributed by atoms with E-state index in [1.807, 2.05) is 72.2 Å². The monoisotopic (exact) mass is 413 g/mol. The summed E-state index contributed by atoms with van der Waals surface area (Å²) in [6.07, 6.45) is 2.48. The number of ether oxygens (including phenoxy) is 1. The van der Waals surface area contributed by atoms with E-state index in [1.165, 1.54) is 11.1 Å². The van der Waals surface area contributed by atoms with Gasteiger partial charge in [-0.25, -0.2) is 9.78 Å². The van der Waals surface area contributed by atoms with Gasteiger partial charge in [0.1, 0.15) is 6.33 Å². The number of nitrogens with zero attached hydrogens (tertiary/aromatic N) is 2. The summed E-state index contributed by atoms with van der Waals surface area (Å²) in [7, 11) is 0. The van der Waals surface area contributed by atoms with E-state index in [0.717, 1.165) is 23.1 Å². The van der Waals surface area contributed by atoms with Gasteiger partial charge in [-0.15, -0.1) is 0 Å². The van der Waals surface area contributed by atoms with Crippen LogP contribution in [0.4, 0.5) is 0 Å². The van der Waals surface area contributed by atoms with Crippen LogP contribution in [0.2, 0.25) is 0 Å². The fourth-order valence-electron chi connectivity index (χ4n) is 3.42. The summed E-state index contributed by atoms with van der Waals surface area (Å²) in [6, 6.07) is 22.9. The molecule has 0 aliphatic carbocycles. The lowest BCUT2D eigenvalue weighted by Gasteiger charge is -2.09. The van der Waals surface area contributed by atoms with Crippen LogP contribution < -0.4 is 5.32 Å². The van der Waals surface area contributed by atoms with Crippen LogP contribution in [-0.4, -0.2) is 34.6 Å². The molecule has 0 unspecified atom stereocenters. The third-order valence-corrected chi connectivity index (χ3v) is 5.15. The zero-order valence-corrected chi connectivity index (χ0v) is 17.2. The van der Waals surface area contributed by atoms with Crippen molar-refractivity contribution in [1.29, 1.82) is 0 Å². The SMILES string of the molecule is Cc1ccccc1CCNC(=O)COC(=O)c1ccc(-n2cnc3ccccc32)cc1. The summed E-state index contributed by atoms with van der Waals surface area (Å²) in [6.45, 7) is 2.23. The Morgan fingerprint density at radius 3 is 2.52 bits per heavy atom. The minimum Gasteiger partial charge on any atom is -0.452 e. The molecule has 0 aliphatic heterocycles. The quantitative estimate of drug-likeness (QED) is 0.467. The van der Waals surface area contributed by atoms with Crippen molar-refractivity contribution in [3.63, 3.8) is 0 Å². The molecule has 4 rings (SSSR count). The van der Waals surface area contributed by atoms with E-state index < -0.39 is 5.97 Å². The molecule has 1 aromatic heterocycles. The predicted molar refractivity (Wildman–Crippen MR) is 119 cm³/mol. The van der Waals surface area contributed by atoms with Gasteiger partial charge in [-0.05, 0) is 60.9 Å². The van der Waals surface area contributed by atoms with Crippen molar-refractivity contribution in [2.24, 2.45) is 0 Å². The Bertz CT molecular complexity index is 1210. The molecule has 0 bridgehead atoms. The summed E-state index contributed by atoms with van der Waals surface area (Å²) in [5.74, 6) is -0.848. The van der Waals surface area contributed by atoms with Crippen molar-refractivity contribution in [1.82, 2.24) is 14.9 Å². The van der Waals surface area contributed by atoms with Crippen LogP contribution in [0.1, 0.15) is 21.5 Å². The molecule has 6 nitrogen and oxygen atoms in total. The standard InChI is InChI=1S/C25H23N3O3/c1-18-6-2-3-7-19(18)14-15-26-24(29)16-31-25(30)20-10-12-21(13-11-20)28-17-27-22-8-4-5-9-23(22)28/h2-13,17H,14-16H2,1H3,(H,26,29). The van der Waals surface area contributed by atoms with E-state index in [-0.39, 0.29) is 12.5 Å². The fraction of sp³-hybridized carbons (Fsp3) is 0.160. The molecule has 6 heteroatoms. The van der Waals surface area contributed by atoms with Crippen molar-refractivity contribution in [2.45, 2.75) is 13.3 Å². The smallest absolute Gasteiger partial charge is 0.338 e. The van der Waals surface area contributed by atoms with E-state index in [4.69, 9.17) is 4.74 Å². The Labute approximate surface area is 180 Å². The number of benzene rings is 3. The highest BCUT2D eigenvalue weighted by atomic mass is 16.5. The predicted octanol–water partition coefficient (Wildman–Crippen LogP) is 3.85. The number of aryl methyl sites for hydroxylation is 1. The molecule has 1 heterocycles. The van der Waals surface area contributed by atoms with E-state index >= 15 is 0 Å². The maximum absolute atomic E-state index is 12.3. The van der Waals surface area contributed by atoms with Gasteiger partial charge in [-0.3, -0.25) is 9.36 Å². The van der Waals surface area contributed by atoms with Crippen molar-refractivity contribution in [3.8, 4) is 5.69 Å². The van der Waals surface area contributed by atoms with Crippen molar-refractivity contribution in [2.75, 3.05) is 13.2 Å². The number of hydrogen-bond acceptors (Lipinski definition) is 4. The number of amides is 1. The first-order valence-corrected chi connectivity index (χ1v) is 10.1. The van der Waals surface area contributed by atoms with Gasteiger partial charge in [-0.2, -0.15) is 0 Å². The minimum absolute atomic E-state index is 0.305. The summed E-state index contributed by atoms with van der Waals surface area (Å²) in [4.78, 5) is 28.6. The average molecular weight is 413 g/mol. The summed E-state index contributed by atoms with van der Waals surface area (Å²) in [5, 5.41) is 2.78. The number of imidazole rings is 1. The number of carbonyl (C=O) groups excluding carboxylic acids is 2. The highest BCUT2D eigenvalue weighted by molar-refractivity contribution is 5.91. The highest BCUT2D eigenvalue weighted by Gasteiger charge is 2.11. The highest BCUT2D eigenvalue weighted by Crippen LogP contribution is 2.18. The molecule has 3 aromatic carbocycles. The molecule has 0 saturated carbocycles. The summed E-state index contributed by atoms with van der Waals surface area (Å²) < 4.78 is 7.10. The van der Waals surface area contributed by atoms with Gasteiger partial charge < -0.3 is 10.1 Å². The molecule has 4 aromatic rings. The molecular formula is C25H23N3O3. The lowest BCUT2D eigenvalue weighted by atomic mass is 10.1. The zero-order chi connectivity index (χ0) is 21.6. The molecule has 156 valence electrons. The summed E-state index contributed by atoms with van der Waals surface area (Å²) >= 11 is 0. The molecule has 0 spiro atoms. The van der Waals surface area contributed by atoms with Gasteiger partial charge in [0.2, 0.25) is 0 Å². The van der Waals surface area contributed by atoms with Crippen molar-refractivity contribution >= 4 is 22.9 Å². The zero-order valence-electron chi connectivity index (χ0n) is 17.2. The van der Waals surface area contributed by atoms with E-state index in [0.29, 0.717) is 12.1 Å². The largest absolute Gasteiger partial charge is 0.452 e. The van der Waals surface area contributed by atoms with Crippen molar-refractivity contribution in [3.05, 3.63) is 95.8 Å². The van der Waals surface area contributed by atoms with Gasteiger partial charge in [0.25, 0.3) is 5.91 Å². The summed E-state index contributed by atoms with van der Waals surface area (Å²) in [5.41, 5.74) is 5.54. The molecule has 31 heavy (non-hydrogen) atoms. The van der Waals surface area contributed by atoms with Crippen LogP contribution in [-0.2, 0) is 16.0 Å². The first-order chi connectivity index (χ1) is 15.1. The third-order valence-electron chi connectivity index (χ3n) is 5.15. The topological polar surface area (TPSA) is 73.2 Å². The van der Waals surface area contributed by atoms with Gasteiger partial charge in [0.15, 0.2) is 6.61 Å². The number of nitrogens with one attached hydrogen (secondary N) is 1. The van der Waals surface area contributed by atoms with Crippen LogP contribution in [0.5, 0.6) is 0 Å². The first kappa shape index (κ1) is 20.3. The van der Waals surface area contributed by atoms with Crippen LogP contribution in [0.3, 0.4) is 0 Å². The number of fused-ring (bicyclic) bond motifs is 1. The molecule has 0 fully saturated rings. The first-order valence-electron chi connectivity index (χ1n) is 10.1. The molecule has 0 aliphatic rings. The van der Waals surface area contributed by atoms with E-state index in [2.05, 4.69) is 10.3 Å². The normalized spacial score (nSPS) is 10.7. The van der Waals surface area contributed by atoms with Crippen LogP contribution >= 0.6 is 0 Å².